The molecule has 110 valence electrons. The van der Waals surface area contributed by atoms with Crippen molar-refractivity contribution < 1.29 is 19.1 Å². The Bertz CT molecular complexity index is 549. The molecule has 0 amide bonds. The van der Waals surface area contributed by atoms with E-state index in [1.165, 1.54) is 0 Å². The van der Waals surface area contributed by atoms with E-state index in [0.717, 1.165) is 12.8 Å². The van der Waals surface area contributed by atoms with E-state index in [2.05, 4.69) is 0 Å². The first-order valence-corrected chi connectivity index (χ1v) is 7.31. The van der Waals surface area contributed by atoms with Crippen molar-refractivity contribution in [1.29, 1.82) is 0 Å². The molecule has 0 N–H and O–H groups in total. The van der Waals surface area contributed by atoms with Gasteiger partial charge < -0.3 is 9.47 Å². The molecule has 2 fully saturated rings. The van der Waals surface area contributed by atoms with Gasteiger partial charge in [0.2, 0.25) is 0 Å². The summed E-state index contributed by atoms with van der Waals surface area (Å²) in [7, 11) is 0. The minimum atomic E-state index is -0.109. The quantitative estimate of drug-likeness (QED) is 0.616. The van der Waals surface area contributed by atoms with Crippen LogP contribution in [0.2, 0.25) is 0 Å². The summed E-state index contributed by atoms with van der Waals surface area (Å²) >= 11 is 0. The van der Waals surface area contributed by atoms with Gasteiger partial charge in [-0.1, -0.05) is 24.3 Å². The molecule has 1 aromatic carbocycles. The molecule has 2 aliphatic rings. The summed E-state index contributed by atoms with van der Waals surface area (Å²) in [5, 5.41) is 0. The summed E-state index contributed by atoms with van der Waals surface area (Å²) in [6, 6.07) is 9.27. The second kappa shape index (κ2) is 6.12. The Labute approximate surface area is 123 Å². The van der Waals surface area contributed by atoms with Gasteiger partial charge in [-0.3, -0.25) is 9.59 Å². The van der Waals surface area contributed by atoms with Crippen molar-refractivity contribution in [3.63, 3.8) is 0 Å². The van der Waals surface area contributed by atoms with Gasteiger partial charge in [-0.05, 0) is 37.0 Å². The number of para-hydroxylation sites is 1. The van der Waals surface area contributed by atoms with E-state index in [-0.39, 0.29) is 36.3 Å². The standard InChI is InChI=1S/C17H18O4/c18-13(11-20-14-4-2-1-3-5-14)8-6-12-7-9-16-15(12)10-17(19)21-16/h1-6,8,12,15-16H,7,9-11H2/b8-6+/t12-,15+,16-/m0/s1. The van der Waals surface area contributed by atoms with Gasteiger partial charge in [-0.2, -0.15) is 0 Å². The zero-order chi connectivity index (χ0) is 14.7. The molecule has 1 saturated carbocycles. The Morgan fingerprint density at radius 1 is 1.29 bits per heavy atom. The lowest BCUT2D eigenvalue weighted by atomic mass is 9.93. The Kier molecular flexibility index (Phi) is 4.04. The molecule has 3 rings (SSSR count). The minimum absolute atomic E-state index is 0.0385. The average molecular weight is 286 g/mol. The van der Waals surface area contributed by atoms with Gasteiger partial charge in [-0.15, -0.1) is 0 Å². The average Bonchev–Trinajstić information content (AvgIpc) is 3.03. The molecule has 4 heteroatoms. The van der Waals surface area contributed by atoms with Crippen LogP contribution >= 0.6 is 0 Å². The molecule has 4 nitrogen and oxygen atoms in total. The molecule has 0 bridgehead atoms. The molecule has 1 heterocycles. The molecule has 0 radical (unpaired) electrons. The number of fused-ring (bicyclic) bond motifs is 1. The summed E-state index contributed by atoms with van der Waals surface area (Å²) in [5.74, 6) is 1.03. The molecule has 3 atom stereocenters. The maximum atomic E-state index is 11.8. The number of carbonyl (C=O) groups excluding carboxylic acids is 2. The van der Waals surface area contributed by atoms with E-state index in [9.17, 15) is 9.59 Å². The molecule has 21 heavy (non-hydrogen) atoms. The zero-order valence-corrected chi connectivity index (χ0v) is 11.7. The summed E-state index contributed by atoms with van der Waals surface area (Å²) in [6.45, 7) is 0.0385. The Morgan fingerprint density at radius 2 is 2.10 bits per heavy atom. The highest BCUT2D eigenvalue weighted by Gasteiger charge is 2.43. The number of esters is 1. The van der Waals surface area contributed by atoms with Gasteiger partial charge in [0.25, 0.3) is 0 Å². The SMILES string of the molecule is O=C(/C=C/[C@H]1CC[C@@H]2OC(=O)C[C@@H]21)COc1ccccc1. The maximum Gasteiger partial charge on any atom is 0.306 e. The zero-order valence-electron chi connectivity index (χ0n) is 11.7. The van der Waals surface area contributed by atoms with Crippen LogP contribution in [0, 0.1) is 11.8 Å². The molecular formula is C17H18O4. The van der Waals surface area contributed by atoms with Crippen LogP contribution in [0.4, 0.5) is 0 Å². The van der Waals surface area contributed by atoms with Gasteiger partial charge in [0.05, 0.1) is 6.42 Å². The summed E-state index contributed by atoms with van der Waals surface area (Å²) < 4.78 is 10.7. The van der Waals surface area contributed by atoms with Crippen molar-refractivity contribution >= 4 is 11.8 Å². The highest BCUT2D eigenvalue weighted by atomic mass is 16.6. The predicted molar refractivity (Wildman–Crippen MR) is 76.8 cm³/mol. The fourth-order valence-electron chi connectivity index (χ4n) is 3.09. The van der Waals surface area contributed by atoms with E-state index in [0.29, 0.717) is 12.2 Å². The van der Waals surface area contributed by atoms with Crippen molar-refractivity contribution in [3.8, 4) is 5.75 Å². The lowest BCUT2D eigenvalue weighted by Crippen LogP contribution is -2.13. The highest BCUT2D eigenvalue weighted by Crippen LogP contribution is 2.41. The minimum Gasteiger partial charge on any atom is -0.485 e. The van der Waals surface area contributed by atoms with Gasteiger partial charge in [0, 0.05) is 5.92 Å². The van der Waals surface area contributed by atoms with Crippen molar-refractivity contribution in [3.05, 3.63) is 42.5 Å². The second-order valence-electron chi connectivity index (χ2n) is 5.56. The molecule has 1 aliphatic carbocycles. The highest BCUT2D eigenvalue weighted by molar-refractivity contribution is 5.91. The van der Waals surface area contributed by atoms with E-state index in [1.807, 2.05) is 36.4 Å². The van der Waals surface area contributed by atoms with Crippen LogP contribution in [-0.2, 0) is 14.3 Å². The Hall–Kier alpha value is -2.10. The first-order valence-electron chi connectivity index (χ1n) is 7.31. The monoisotopic (exact) mass is 286 g/mol. The molecule has 0 spiro atoms. The molecule has 1 aromatic rings. The van der Waals surface area contributed by atoms with Crippen LogP contribution in [0.3, 0.4) is 0 Å². The van der Waals surface area contributed by atoms with E-state index >= 15 is 0 Å². The Morgan fingerprint density at radius 3 is 2.90 bits per heavy atom. The number of ether oxygens (including phenoxy) is 2. The van der Waals surface area contributed by atoms with Crippen molar-refractivity contribution in [2.75, 3.05) is 6.61 Å². The summed E-state index contributed by atoms with van der Waals surface area (Å²) in [5.41, 5.74) is 0. The first kappa shape index (κ1) is 13.9. The van der Waals surface area contributed by atoms with Crippen LogP contribution in [0.15, 0.2) is 42.5 Å². The van der Waals surface area contributed by atoms with Crippen molar-refractivity contribution in [1.82, 2.24) is 0 Å². The number of allylic oxidation sites excluding steroid dienone is 1. The molecule has 0 unspecified atom stereocenters. The topological polar surface area (TPSA) is 52.6 Å². The van der Waals surface area contributed by atoms with Crippen molar-refractivity contribution in [2.24, 2.45) is 11.8 Å². The summed E-state index contributed by atoms with van der Waals surface area (Å²) in [6.07, 6.45) is 5.92. The number of hydrogen-bond acceptors (Lipinski definition) is 4. The largest absolute Gasteiger partial charge is 0.485 e. The van der Waals surface area contributed by atoms with E-state index < -0.39 is 0 Å². The van der Waals surface area contributed by atoms with Gasteiger partial charge in [0.1, 0.15) is 11.9 Å². The van der Waals surface area contributed by atoms with Crippen LogP contribution < -0.4 is 4.74 Å². The fraction of sp³-hybridized carbons (Fsp3) is 0.412. The number of hydrogen-bond donors (Lipinski definition) is 0. The third kappa shape index (κ3) is 3.32. The fourth-order valence-corrected chi connectivity index (χ4v) is 3.09. The molecule has 1 aliphatic heterocycles. The molecule has 1 saturated heterocycles. The van der Waals surface area contributed by atoms with Gasteiger partial charge >= 0.3 is 5.97 Å². The smallest absolute Gasteiger partial charge is 0.306 e. The third-order valence-corrected chi connectivity index (χ3v) is 4.15. The predicted octanol–water partition coefficient (Wildman–Crippen LogP) is 2.53. The van der Waals surface area contributed by atoms with Crippen LogP contribution in [0.5, 0.6) is 5.75 Å². The summed E-state index contributed by atoms with van der Waals surface area (Å²) in [4.78, 5) is 23.1. The maximum absolute atomic E-state index is 11.8. The Balaban J connectivity index is 1.49. The van der Waals surface area contributed by atoms with Crippen LogP contribution in [0.1, 0.15) is 19.3 Å². The van der Waals surface area contributed by atoms with E-state index in [1.54, 1.807) is 6.08 Å². The van der Waals surface area contributed by atoms with Gasteiger partial charge in [-0.25, -0.2) is 0 Å². The van der Waals surface area contributed by atoms with Gasteiger partial charge in [0.15, 0.2) is 12.4 Å². The molecular weight excluding hydrogens is 268 g/mol. The number of rotatable bonds is 5. The normalized spacial score (nSPS) is 27.6. The third-order valence-electron chi connectivity index (χ3n) is 4.15. The van der Waals surface area contributed by atoms with Crippen LogP contribution in [-0.4, -0.2) is 24.5 Å². The van der Waals surface area contributed by atoms with Crippen LogP contribution in [0.25, 0.3) is 0 Å². The second-order valence-corrected chi connectivity index (χ2v) is 5.56. The lowest BCUT2D eigenvalue weighted by molar-refractivity contribution is -0.141. The lowest BCUT2D eigenvalue weighted by Gasteiger charge is -2.11. The van der Waals surface area contributed by atoms with Crippen molar-refractivity contribution in [2.45, 2.75) is 25.4 Å². The number of benzene rings is 1. The van der Waals surface area contributed by atoms with E-state index in [4.69, 9.17) is 9.47 Å². The first-order chi connectivity index (χ1) is 10.2. The molecule has 0 aromatic heterocycles. The number of ketones is 1. The number of carbonyl (C=O) groups is 2.